The third kappa shape index (κ3) is 3.36. The van der Waals surface area contributed by atoms with Crippen LogP contribution in [0.4, 0.5) is 0 Å². The molecule has 39 heavy (non-hydrogen) atoms. The minimum Gasteiger partial charge on any atom is -0.454 e. The van der Waals surface area contributed by atoms with E-state index in [0.29, 0.717) is 0 Å². The number of aromatic nitrogens is 1. The molecule has 0 aliphatic carbocycles. The van der Waals surface area contributed by atoms with Gasteiger partial charge >= 0.3 is 0 Å². The number of aryl methyl sites for hydroxylation is 2. The minimum absolute atomic E-state index is 0.0179. The summed E-state index contributed by atoms with van der Waals surface area (Å²) >= 11 is 0. The Bertz CT molecular complexity index is 1940. The SMILES string of the molecule is Cc1ccc2c(oc3c(-c4ccc5c(c4)[Si](C)(C)c4ccccc4C5(C)C)cccc32)c1-c1cccc[n+]1C. The van der Waals surface area contributed by atoms with Gasteiger partial charge in [0.15, 0.2) is 6.20 Å². The molecule has 0 amide bonds. The van der Waals surface area contributed by atoms with Gasteiger partial charge in [0.05, 0.1) is 5.56 Å². The molecule has 1 aliphatic heterocycles. The highest BCUT2D eigenvalue weighted by atomic mass is 28.3. The van der Waals surface area contributed by atoms with E-state index >= 15 is 0 Å². The van der Waals surface area contributed by atoms with Gasteiger partial charge in [-0.25, -0.2) is 4.57 Å². The van der Waals surface area contributed by atoms with E-state index in [1.54, 1.807) is 5.19 Å². The summed E-state index contributed by atoms with van der Waals surface area (Å²) in [6, 6.07) is 33.6. The average molecular weight is 525 g/mol. The zero-order valence-electron chi connectivity index (χ0n) is 23.6. The summed E-state index contributed by atoms with van der Waals surface area (Å²) in [6.45, 7) is 11.9. The van der Waals surface area contributed by atoms with E-state index in [0.717, 1.165) is 28.0 Å². The maximum absolute atomic E-state index is 6.85. The fraction of sp³-hybridized carbons (Fsp3) is 0.194. The maximum Gasteiger partial charge on any atom is 0.216 e. The molecular formula is C36H34NOSi+. The van der Waals surface area contributed by atoms with E-state index < -0.39 is 8.07 Å². The quantitative estimate of drug-likeness (QED) is 0.169. The third-order valence-corrected chi connectivity index (χ3v) is 12.7. The second-order valence-electron chi connectivity index (χ2n) is 12.2. The Morgan fingerprint density at radius 2 is 1.46 bits per heavy atom. The molecule has 2 nitrogen and oxygen atoms in total. The molecule has 4 aromatic carbocycles. The predicted molar refractivity (Wildman–Crippen MR) is 166 cm³/mol. The summed E-state index contributed by atoms with van der Waals surface area (Å²) in [5, 5.41) is 5.42. The molecule has 3 heteroatoms. The van der Waals surface area contributed by atoms with E-state index in [4.69, 9.17) is 4.42 Å². The zero-order chi connectivity index (χ0) is 27.1. The van der Waals surface area contributed by atoms with Crippen molar-refractivity contribution >= 4 is 40.4 Å². The van der Waals surface area contributed by atoms with Crippen LogP contribution in [-0.2, 0) is 12.5 Å². The normalized spacial score (nSPS) is 15.3. The zero-order valence-corrected chi connectivity index (χ0v) is 24.6. The molecule has 0 bridgehead atoms. The molecule has 0 saturated carbocycles. The molecule has 0 radical (unpaired) electrons. The lowest BCUT2D eigenvalue weighted by Crippen LogP contribution is -2.61. The number of fused-ring (bicyclic) bond motifs is 5. The molecule has 6 aromatic rings. The largest absolute Gasteiger partial charge is 0.454 e. The number of nitrogens with zero attached hydrogens (tertiary/aromatic N) is 1. The van der Waals surface area contributed by atoms with Gasteiger partial charge in [0.1, 0.15) is 26.3 Å². The Hall–Kier alpha value is -3.95. The summed E-state index contributed by atoms with van der Waals surface area (Å²) < 4.78 is 9.02. The first-order valence-electron chi connectivity index (χ1n) is 13.8. The Kier molecular flexibility index (Phi) is 5.11. The lowest BCUT2D eigenvalue weighted by atomic mass is 9.77. The van der Waals surface area contributed by atoms with Crippen LogP contribution >= 0.6 is 0 Å². The van der Waals surface area contributed by atoms with Crippen molar-refractivity contribution in [2.45, 2.75) is 39.3 Å². The van der Waals surface area contributed by atoms with Crippen LogP contribution < -0.4 is 14.9 Å². The molecule has 2 aromatic heterocycles. The predicted octanol–water partition coefficient (Wildman–Crippen LogP) is 7.51. The number of pyridine rings is 1. The number of hydrogen-bond donors (Lipinski definition) is 0. The molecule has 0 saturated heterocycles. The molecule has 1 aliphatic rings. The molecule has 0 fully saturated rings. The Balaban J connectivity index is 1.48. The maximum atomic E-state index is 6.85. The average Bonchev–Trinajstić information content (AvgIpc) is 3.31. The smallest absolute Gasteiger partial charge is 0.216 e. The fourth-order valence-electron chi connectivity index (χ4n) is 6.93. The third-order valence-electron chi connectivity index (χ3n) is 9.14. The highest BCUT2D eigenvalue weighted by Gasteiger charge is 2.42. The number of furan rings is 1. The van der Waals surface area contributed by atoms with Crippen LogP contribution in [0.5, 0.6) is 0 Å². The Labute approximate surface area is 231 Å². The Morgan fingerprint density at radius 3 is 2.28 bits per heavy atom. The van der Waals surface area contributed by atoms with Crippen LogP contribution in [0.25, 0.3) is 44.3 Å². The number of benzene rings is 4. The van der Waals surface area contributed by atoms with Gasteiger partial charge in [-0.3, -0.25) is 0 Å². The van der Waals surface area contributed by atoms with E-state index in [2.05, 4.69) is 143 Å². The molecule has 0 unspecified atom stereocenters. The van der Waals surface area contributed by atoms with Crippen LogP contribution in [0, 0.1) is 6.92 Å². The van der Waals surface area contributed by atoms with E-state index in [1.807, 2.05) is 0 Å². The first-order valence-corrected chi connectivity index (χ1v) is 16.8. The van der Waals surface area contributed by atoms with Gasteiger partial charge in [0.2, 0.25) is 5.69 Å². The highest BCUT2D eigenvalue weighted by Crippen LogP contribution is 2.42. The summed E-state index contributed by atoms with van der Waals surface area (Å²) in [5.41, 5.74) is 10.8. The van der Waals surface area contributed by atoms with Crippen molar-refractivity contribution in [2.75, 3.05) is 0 Å². The molecule has 0 N–H and O–H groups in total. The topological polar surface area (TPSA) is 17.0 Å². The molecule has 7 rings (SSSR count). The van der Waals surface area contributed by atoms with Crippen LogP contribution in [-0.4, -0.2) is 8.07 Å². The molecule has 192 valence electrons. The fourth-order valence-corrected chi connectivity index (χ4v) is 10.4. The van der Waals surface area contributed by atoms with Gasteiger partial charge in [-0.1, -0.05) is 105 Å². The standard InChI is InChI=1S/C36H34NOSi/c1-23-17-19-27-26-13-11-12-25(34(26)38-35(27)33(23)30-15-9-10-21-37(30)4)24-18-20-29-32(22-24)39(5,6)31-16-8-7-14-28(31)36(29,2)3/h7-22H,1-6H3/q+1. The van der Waals surface area contributed by atoms with Crippen molar-refractivity contribution in [3.63, 3.8) is 0 Å². The van der Waals surface area contributed by atoms with Crippen molar-refractivity contribution in [1.29, 1.82) is 0 Å². The molecule has 0 spiro atoms. The van der Waals surface area contributed by atoms with Gasteiger partial charge in [0, 0.05) is 33.9 Å². The number of hydrogen-bond acceptors (Lipinski definition) is 1. The van der Waals surface area contributed by atoms with Crippen LogP contribution in [0.2, 0.25) is 13.1 Å². The van der Waals surface area contributed by atoms with Crippen molar-refractivity contribution in [2.24, 2.45) is 7.05 Å². The van der Waals surface area contributed by atoms with Gasteiger partial charge in [-0.15, -0.1) is 0 Å². The highest BCUT2D eigenvalue weighted by molar-refractivity contribution is 7.01. The van der Waals surface area contributed by atoms with Crippen molar-refractivity contribution < 1.29 is 8.98 Å². The van der Waals surface area contributed by atoms with Crippen molar-refractivity contribution in [3.05, 3.63) is 114 Å². The molecular weight excluding hydrogens is 490 g/mol. The van der Waals surface area contributed by atoms with Crippen LogP contribution in [0.15, 0.2) is 102 Å². The Morgan fingerprint density at radius 1 is 0.718 bits per heavy atom. The first kappa shape index (κ1) is 24.1. The minimum atomic E-state index is -1.88. The second kappa shape index (κ2) is 8.27. The lowest BCUT2D eigenvalue weighted by molar-refractivity contribution is -0.660. The van der Waals surface area contributed by atoms with Crippen molar-refractivity contribution in [1.82, 2.24) is 0 Å². The first-order chi connectivity index (χ1) is 18.7. The second-order valence-corrected chi connectivity index (χ2v) is 16.5. The molecule has 3 heterocycles. The number of para-hydroxylation sites is 1. The van der Waals surface area contributed by atoms with Crippen LogP contribution in [0.3, 0.4) is 0 Å². The summed E-state index contributed by atoms with van der Waals surface area (Å²) in [4.78, 5) is 0. The summed E-state index contributed by atoms with van der Waals surface area (Å²) in [7, 11) is 0.213. The van der Waals surface area contributed by atoms with E-state index in [1.165, 1.54) is 38.2 Å². The number of rotatable bonds is 2. The van der Waals surface area contributed by atoms with E-state index in [-0.39, 0.29) is 5.41 Å². The van der Waals surface area contributed by atoms with Crippen LogP contribution in [0.1, 0.15) is 30.5 Å². The summed E-state index contributed by atoms with van der Waals surface area (Å²) in [5.74, 6) is 0. The van der Waals surface area contributed by atoms with Gasteiger partial charge in [-0.05, 0) is 40.4 Å². The van der Waals surface area contributed by atoms with Gasteiger partial charge in [0.25, 0.3) is 0 Å². The van der Waals surface area contributed by atoms with Gasteiger partial charge < -0.3 is 4.42 Å². The molecule has 0 atom stereocenters. The summed E-state index contributed by atoms with van der Waals surface area (Å²) in [6.07, 6.45) is 2.10. The monoisotopic (exact) mass is 524 g/mol. The van der Waals surface area contributed by atoms with Crippen molar-refractivity contribution in [3.8, 4) is 22.4 Å². The lowest BCUT2D eigenvalue weighted by Gasteiger charge is -2.43. The van der Waals surface area contributed by atoms with E-state index in [9.17, 15) is 0 Å². The van der Waals surface area contributed by atoms with Gasteiger partial charge in [-0.2, -0.15) is 0 Å².